The summed E-state index contributed by atoms with van der Waals surface area (Å²) >= 11 is 3.03. The highest BCUT2D eigenvalue weighted by molar-refractivity contribution is 7.99. The molecule has 0 aliphatic carbocycles. The Bertz CT molecular complexity index is 1530. The van der Waals surface area contributed by atoms with Crippen LogP contribution in [-0.2, 0) is 17.9 Å². The van der Waals surface area contributed by atoms with Crippen LogP contribution in [0.1, 0.15) is 23.9 Å². The van der Waals surface area contributed by atoms with Gasteiger partial charge in [0, 0.05) is 17.8 Å². The molecule has 37 heavy (non-hydrogen) atoms. The summed E-state index contributed by atoms with van der Waals surface area (Å²) in [5.41, 5.74) is 5.19. The number of thiazole rings is 1. The summed E-state index contributed by atoms with van der Waals surface area (Å²) in [6.45, 7) is 7.16. The number of rotatable bonds is 9. The number of amides is 1. The molecule has 0 saturated carbocycles. The Kier molecular flexibility index (Phi) is 7.52. The number of nitrogens with zero attached hydrogens (tertiary/aromatic N) is 4. The fraction of sp³-hybridized carbons (Fsp3) is 0.214. The summed E-state index contributed by atoms with van der Waals surface area (Å²) in [6.07, 6.45) is 0. The van der Waals surface area contributed by atoms with E-state index in [0.29, 0.717) is 18.3 Å². The van der Waals surface area contributed by atoms with Gasteiger partial charge in [0.25, 0.3) is 0 Å². The zero-order valence-electron chi connectivity index (χ0n) is 20.9. The van der Waals surface area contributed by atoms with Gasteiger partial charge in [-0.2, -0.15) is 0 Å². The van der Waals surface area contributed by atoms with Crippen LogP contribution in [0.4, 0.5) is 5.69 Å². The predicted molar refractivity (Wildman–Crippen MR) is 150 cm³/mol. The first-order valence-corrected chi connectivity index (χ1v) is 13.8. The number of thioether (sulfide) groups is 1. The fourth-order valence-electron chi connectivity index (χ4n) is 3.81. The second kappa shape index (κ2) is 11.1. The number of aryl methyl sites for hydroxylation is 2. The minimum Gasteiger partial charge on any atom is -0.486 e. The predicted octanol–water partition coefficient (Wildman–Crippen LogP) is 6.50. The number of anilines is 1. The van der Waals surface area contributed by atoms with Crippen LogP contribution in [0.25, 0.3) is 20.8 Å². The van der Waals surface area contributed by atoms with Gasteiger partial charge in [-0.3, -0.25) is 4.79 Å². The summed E-state index contributed by atoms with van der Waals surface area (Å²) in [5, 5.41) is 13.2. The molecule has 0 aliphatic rings. The number of nitrogens with one attached hydrogen (secondary N) is 1. The maximum atomic E-state index is 12.6. The highest BCUT2D eigenvalue weighted by atomic mass is 32.2. The lowest BCUT2D eigenvalue weighted by Crippen LogP contribution is -2.15. The Morgan fingerprint density at radius 1 is 1.00 bits per heavy atom. The van der Waals surface area contributed by atoms with E-state index in [1.807, 2.05) is 66.9 Å². The second-order valence-corrected chi connectivity index (χ2v) is 10.6. The minimum atomic E-state index is -0.101. The molecule has 0 spiro atoms. The maximum absolute atomic E-state index is 12.6. The number of hydrogen-bond donors (Lipinski definition) is 1. The molecule has 3 aromatic carbocycles. The van der Waals surface area contributed by atoms with E-state index < -0.39 is 0 Å². The molecule has 2 heterocycles. The van der Waals surface area contributed by atoms with Crippen molar-refractivity contribution in [2.45, 2.75) is 39.1 Å². The number of hydrogen-bond acceptors (Lipinski definition) is 7. The first-order valence-electron chi connectivity index (χ1n) is 12.0. The summed E-state index contributed by atoms with van der Waals surface area (Å²) < 4.78 is 9.00. The second-order valence-electron chi connectivity index (χ2n) is 8.65. The maximum Gasteiger partial charge on any atom is 0.234 e. The summed E-state index contributed by atoms with van der Waals surface area (Å²) in [7, 11) is 0. The van der Waals surface area contributed by atoms with E-state index in [1.54, 1.807) is 11.3 Å². The van der Waals surface area contributed by atoms with E-state index in [2.05, 4.69) is 40.6 Å². The van der Waals surface area contributed by atoms with Gasteiger partial charge in [-0.05, 0) is 74.9 Å². The van der Waals surface area contributed by atoms with Crippen LogP contribution in [0, 0.1) is 13.8 Å². The zero-order chi connectivity index (χ0) is 25.8. The van der Waals surface area contributed by atoms with Crippen LogP contribution in [0.3, 0.4) is 0 Å². The molecule has 1 amide bonds. The van der Waals surface area contributed by atoms with Crippen molar-refractivity contribution < 1.29 is 9.53 Å². The molecule has 0 unspecified atom stereocenters. The van der Waals surface area contributed by atoms with Gasteiger partial charge in [-0.1, -0.05) is 35.5 Å². The lowest BCUT2D eigenvalue weighted by Gasteiger charge is -2.09. The van der Waals surface area contributed by atoms with Gasteiger partial charge < -0.3 is 14.6 Å². The van der Waals surface area contributed by atoms with Crippen molar-refractivity contribution in [3.8, 4) is 16.3 Å². The average Bonchev–Trinajstić information content (AvgIpc) is 3.50. The van der Waals surface area contributed by atoms with Crippen LogP contribution in [0.2, 0.25) is 0 Å². The fourth-order valence-corrected chi connectivity index (χ4v) is 5.70. The highest BCUT2D eigenvalue weighted by Crippen LogP contribution is 2.31. The molecule has 5 rings (SSSR count). The molecule has 1 N–H and O–H groups in total. The third-order valence-corrected chi connectivity index (χ3v) is 7.82. The molecular weight excluding hydrogens is 502 g/mol. The van der Waals surface area contributed by atoms with Crippen LogP contribution < -0.4 is 10.1 Å². The van der Waals surface area contributed by atoms with Crippen molar-refractivity contribution in [2.75, 3.05) is 11.1 Å². The highest BCUT2D eigenvalue weighted by Gasteiger charge is 2.14. The number of benzene rings is 3. The number of aromatic nitrogens is 4. The van der Waals surface area contributed by atoms with Gasteiger partial charge in [-0.15, -0.1) is 21.5 Å². The monoisotopic (exact) mass is 529 g/mol. The molecule has 0 aliphatic heterocycles. The zero-order valence-corrected chi connectivity index (χ0v) is 22.5. The Morgan fingerprint density at radius 2 is 1.76 bits per heavy atom. The molecule has 188 valence electrons. The summed E-state index contributed by atoms with van der Waals surface area (Å²) in [4.78, 5) is 17.3. The van der Waals surface area contributed by atoms with Crippen LogP contribution in [0.15, 0.2) is 71.9 Å². The third kappa shape index (κ3) is 6.00. The number of fused-ring (bicyclic) bond motifs is 1. The molecule has 9 heteroatoms. The minimum absolute atomic E-state index is 0.101. The van der Waals surface area contributed by atoms with Crippen LogP contribution >= 0.6 is 23.1 Å². The first-order chi connectivity index (χ1) is 18.0. The first kappa shape index (κ1) is 25.0. The largest absolute Gasteiger partial charge is 0.486 e. The molecule has 2 aromatic heterocycles. The lowest BCUT2D eigenvalue weighted by molar-refractivity contribution is -0.113. The Labute approximate surface area is 223 Å². The van der Waals surface area contributed by atoms with Crippen molar-refractivity contribution in [2.24, 2.45) is 0 Å². The van der Waals surface area contributed by atoms with E-state index in [1.165, 1.54) is 27.6 Å². The normalized spacial score (nSPS) is 11.1. The molecule has 0 atom stereocenters. The van der Waals surface area contributed by atoms with Crippen molar-refractivity contribution >= 4 is 44.9 Å². The molecule has 0 saturated heterocycles. The Hall–Kier alpha value is -3.69. The molecular formula is C28H27N5O2S2. The summed E-state index contributed by atoms with van der Waals surface area (Å²) in [6, 6.07) is 22.0. The average molecular weight is 530 g/mol. The summed E-state index contributed by atoms with van der Waals surface area (Å²) in [5.74, 6) is 1.65. The molecule has 0 radical (unpaired) electrons. The van der Waals surface area contributed by atoms with Gasteiger partial charge in [0.05, 0.1) is 16.0 Å². The number of carbonyl (C=O) groups is 1. The van der Waals surface area contributed by atoms with Crippen molar-refractivity contribution in [1.82, 2.24) is 19.7 Å². The quantitative estimate of drug-likeness (QED) is 0.220. The topological polar surface area (TPSA) is 81.9 Å². The molecule has 5 aromatic rings. The Morgan fingerprint density at radius 3 is 2.51 bits per heavy atom. The van der Waals surface area contributed by atoms with Crippen LogP contribution in [-0.4, -0.2) is 31.4 Å². The SMILES string of the molecule is CCn1c(COc2ccc(C)cc2)nnc1SCC(=O)Nc1ccc(-c2nc3ccc(C)cc3s2)cc1. The molecule has 7 nitrogen and oxygen atoms in total. The van der Waals surface area contributed by atoms with E-state index >= 15 is 0 Å². The lowest BCUT2D eigenvalue weighted by atomic mass is 10.2. The van der Waals surface area contributed by atoms with Gasteiger partial charge in [0.1, 0.15) is 17.4 Å². The van der Waals surface area contributed by atoms with Gasteiger partial charge in [0.2, 0.25) is 5.91 Å². The third-order valence-electron chi connectivity index (χ3n) is 5.79. The van der Waals surface area contributed by atoms with E-state index in [0.717, 1.165) is 33.3 Å². The van der Waals surface area contributed by atoms with Crippen molar-refractivity contribution in [1.29, 1.82) is 0 Å². The van der Waals surface area contributed by atoms with E-state index in [9.17, 15) is 4.79 Å². The van der Waals surface area contributed by atoms with Gasteiger partial charge in [0.15, 0.2) is 11.0 Å². The van der Waals surface area contributed by atoms with Crippen molar-refractivity contribution in [3.63, 3.8) is 0 Å². The number of carbonyl (C=O) groups excluding carboxylic acids is 1. The smallest absolute Gasteiger partial charge is 0.234 e. The van der Waals surface area contributed by atoms with E-state index in [4.69, 9.17) is 9.72 Å². The molecule has 0 bridgehead atoms. The number of ether oxygens (including phenoxy) is 1. The molecule has 0 fully saturated rings. The van der Waals surface area contributed by atoms with Gasteiger partial charge >= 0.3 is 0 Å². The van der Waals surface area contributed by atoms with E-state index in [-0.39, 0.29) is 11.7 Å². The standard InChI is InChI=1S/C28H27N5O2S2/c1-4-33-25(16-35-22-12-5-18(2)6-13-22)31-32-28(33)36-17-26(34)29-21-10-8-20(9-11-21)27-30-23-14-7-19(3)15-24(23)37-27/h5-15H,4,16-17H2,1-3H3,(H,29,34). The van der Waals surface area contributed by atoms with Crippen LogP contribution in [0.5, 0.6) is 5.75 Å². The van der Waals surface area contributed by atoms with Gasteiger partial charge in [-0.25, -0.2) is 4.98 Å². The van der Waals surface area contributed by atoms with Crippen molar-refractivity contribution in [3.05, 3.63) is 83.7 Å². The Balaban J connectivity index is 1.16.